The number of ether oxygens (including phenoxy) is 2. The molecule has 0 radical (unpaired) electrons. The molecule has 1 aromatic heterocycles. The molecule has 1 heterocycles. The Labute approximate surface area is 110 Å². The average molecular weight is 265 g/mol. The zero-order valence-corrected chi connectivity index (χ0v) is 10.9. The number of hydrogen-bond acceptors (Lipinski definition) is 6. The van der Waals surface area contributed by atoms with Crippen molar-refractivity contribution in [2.24, 2.45) is 5.73 Å². The van der Waals surface area contributed by atoms with Crippen LogP contribution in [0.15, 0.2) is 24.3 Å². The fourth-order valence-corrected chi connectivity index (χ4v) is 1.99. The van der Waals surface area contributed by atoms with Gasteiger partial charge in [0.25, 0.3) is 5.19 Å². The summed E-state index contributed by atoms with van der Waals surface area (Å²) < 4.78 is 10.6. The van der Waals surface area contributed by atoms with Crippen LogP contribution in [0.25, 0.3) is 0 Å². The van der Waals surface area contributed by atoms with E-state index in [2.05, 4.69) is 10.2 Å². The Kier molecular flexibility index (Phi) is 4.63. The molecule has 0 aliphatic heterocycles. The van der Waals surface area contributed by atoms with Crippen LogP contribution in [-0.4, -0.2) is 23.9 Å². The number of methoxy groups -OCH3 is 1. The van der Waals surface area contributed by atoms with Crippen molar-refractivity contribution < 1.29 is 9.47 Å². The minimum absolute atomic E-state index is 0.386. The molecule has 0 spiro atoms. The lowest BCUT2D eigenvalue weighted by molar-refractivity contribution is 0.202. The second-order valence-electron chi connectivity index (χ2n) is 3.65. The van der Waals surface area contributed by atoms with Gasteiger partial charge in [-0.3, -0.25) is 0 Å². The quantitative estimate of drug-likeness (QED) is 0.864. The average Bonchev–Trinajstić information content (AvgIpc) is 2.86. The van der Waals surface area contributed by atoms with E-state index >= 15 is 0 Å². The van der Waals surface area contributed by atoms with Gasteiger partial charge in [0.1, 0.15) is 10.8 Å². The van der Waals surface area contributed by atoms with Gasteiger partial charge in [0.15, 0.2) is 0 Å². The standard InChI is InChI=1S/C12H15N3O2S/c1-16-7-6-9-2-4-10(5-3-9)17-12-15-14-11(8-13)18-12/h2-5H,6-8,13H2,1H3. The first-order valence-electron chi connectivity index (χ1n) is 5.60. The summed E-state index contributed by atoms with van der Waals surface area (Å²) in [6, 6.07) is 7.85. The van der Waals surface area contributed by atoms with Crippen molar-refractivity contribution >= 4 is 11.3 Å². The maximum atomic E-state index is 5.58. The van der Waals surface area contributed by atoms with E-state index in [1.54, 1.807) is 7.11 Å². The Morgan fingerprint density at radius 3 is 2.61 bits per heavy atom. The zero-order valence-electron chi connectivity index (χ0n) is 10.1. The molecule has 0 atom stereocenters. The lowest BCUT2D eigenvalue weighted by Gasteiger charge is -2.03. The molecule has 5 nitrogen and oxygen atoms in total. The van der Waals surface area contributed by atoms with E-state index in [-0.39, 0.29) is 0 Å². The van der Waals surface area contributed by atoms with Crippen LogP contribution >= 0.6 is 11.3 Å². The molecular weight excluding hydrogens is 250 g/mol. The number of hydrogen-bond donors (Lipinski definition) is 1. The van der Waals surface area contributed by atoms with Gasteiger partial charge < -0.3 is 15.2 Å². The van der Waals surface area contributed by atoms with Crippen molar-refractivity contribution in [2.45, 2.75) is 13.0 Å². The maximum absolute atomic E-state index is 5.58. The van der Waals surface area contributed by atoms with Crippen molar-refractivity contribution in [1.82, 2.24) is 10.2 Å². The molecule has 0 aliphatic rings. The number of nitrogens with zero attached hydrogens (tertiary/aromatic N) is 2. The smallest absolute Gasteiger partial charge is 0.299 e. The van der Waals surface area contributed by atoms with Crippen molar-refractivity contribution in [3.8, 4) is 10.9 Å². The van der Waals surface area contributed by atoms with Gasteiger partial charge in [-0.15, -0.1) is 5.10 Å². The summed E-state index contributed by atoms with van der Waals surface area (Å²) in [5, 5.41) is 9.07. The van der Waals surface area contributed by atoms with E-state index in [1.807, 2.05) is 24.3 Å². The van der Waals surface area contributed by atoms with Gasteiger partial charge in [-0.2, -0.15) is 0 Å². The van der Waals surface area contributed by atoms with Gasteiger partial charge in [0, 0.05) is 13.7 Å². The van der Waals surface area contributed by atoms with Crippen LogP contribution in [0.2, 0.25) is 0 Å². The molecule has 0 bridgehead atoms. The summed E-state index contributed by atoms with van der Waals surface area (Å²) in [7, 11) is 1.70. The number of rotatable bonds is 6. The Hall–Kier alpha value is -1.50. The van der Waals surface area contributed by atoms with Crippen LogP contribution in [0.1, 0.15) is 10.6 Å². The van der Waals surface area contributed by atoms with Crippen molar-refractivity contribution in [3.05, 3.63) is 34.8 Å². The molecule has 0 amide bonds. The lowest BCUT2D eigenvalue weighted by Crippen LogP contribution is -1.94. The molecule has 18 heavy (non-hydrogen) atoms. The fraction of sp³-hybridized carbons (Fsp3) is 0.333. The number of aromatic nitrogens is 2. The van der Waals surface area contributed by atoms with Crippen LogP contribution in [0.4, 0.5) is 0 Å². The van der Waals surface area contributed by atoms with Crippen molar-refractivity contribution in [3.63, 3.8) is 0 Å². The predicted molar refractivity (Wildman–Crippen MR) is 69.9 cm³/mol. The molecule has 0 saturated carbocycles. The Bertz CT molecular complexity index is 484. The molecule has 1 aromatic carbocycles. The van der Waals surface area contributed by atoms with E-state index in [0.29, 0.717) is 11.7 Å². The van der Waals surface area contributed by atoms with Crippen LogP contribution in [0.3, 0.4) is 0 Å². The molecule has 2 N–H and O–H groups in total. The highest BCUT2D eigenvalue weighted by molar-refractivity contribution is 7.13. The van der Waals surface area contributed by atoms with Gasteiger partial charge in [0.2, 0.25) is 0 Å². The SMILES string of the molecule is COCCc1ccc(Oc2nnc(CN)s2)cc1. The third-order valence-electron chi connectivity index (χ3n) is 2.35. The van der Waals surface area contributed by atoms with Crippen molar-refractivity contribution in [2.75, 3.05) is 13.7 Å². The van der Waals surface area contributed by atoms with Crippen LogP contribution in [0, 0.1) is 0 Å². The summed E-state index contributed by atoms with van der Waals surface area (Å²) in [6.45, 7) is 1.10. The van der Waals surface area contributed by atoms with E-state index in [4.69, 9.17) is 15.2 Å². The normalized spacial score (nSPS) is 10.6. The largest absolute Gasteiger partial charge is 0.430 e. The zero-order chi connectivity index (χ0) is 12.8. The second kappa shape index (κ2) is 6.44. The van der Waals surface area contributed by atoms with Crippen LogP contribution < -0.4 is 10.5 Å². The Morgan fingerprint density at radius 2 is 2.00 bits per heavy atom. The Morgan fingerprint density at radius 1 is 1.22 bits per heavy atom. The third kappa shape index (κ3) is 3.49. The topological polar surface area (TPSA) is 70.3 Å². The molecule has 0 unspecified atom stereocenters. The molecule has 0 saturated heterocycles. The van der Waals surface area contributed by atoms with Crippen LogP contribution in [0.5, 0.6) is 10.9 Å². The number of benzene rings is 1. The highest BCUT2D eigenvalue weighted by atomic mass is 32.1. The summed E-state index contributed by atoms with van der Waals surface area (Å²) in [6.07, 6.45) is 0.896. The summed E-state index contributed by atoms with van der Waals surface area (Å²) >= 11 is 1.36. The van der Waals surface area contributed by atoms with Gasteiger partial charge in [0.05, 0.1) is 6.61 Å². The highest BCUT2D eigenvalue weighted by Gasteiger charge is 2.04. The molecule has 0 fully saturated rings. The van der Waals surface area contributed by atoms with E-state index in [9.17, 15) is 0 Å². The maximum Gasteiger partial charge on any atom is 0.299 e. The summed E-state index contributed by atoms with van der Waals surface area (Å²) in [5.41, 5.74) is 6.68. The minimum atomic E-state index is 0.386. The lowest BCUT2D eigenvalue weighted by atomic mass is 10.1. The van der Waals surface area contributed by atoms with E-state index < -0.39 is 0 Å². The molecule has 2 aromatic rings. The Balaban J connectivity index is 1.97. The van der Waals surface area contributed by atoms with Crippen LogP contribution in [-0.2, 0) is 17.7 Å². The number of nitrogens with two attached hydrogens (primary N) is 1. The van der Waals surface area contributed by atoms with Gasteiger partial charge >= 0.3 is 0 Å². The predicted octanol–water partition coefficient (Wildman–Crippen LogP) is 1.98. The molecule has 6 heteroatoms. The minimum Gasteiger partial charge on any atom is -0.430 e. The van der Waals surface area contributed by atoms with Crippen molar-refractivity contribution in [1.29, 1.82) is 0 Å². The molecule has 0 aliphatic carbocycles. The van der Waals surface area contributed by atoms with E-state index in [0.717, 1.165) is 23.8 Å². The molecular formula is C12H15N3O2S. The van der Waals surface area contributed by atoms with Gasteiger partial charge in [-0.1, -0.05) is 28.6 Å². The highest BCUT2D eigenvalue weighted by Crippen LogP contribution is 2.24. The van der Waals surface area contributed by atoms with Gasteiger partial charge in [-0.05, 0) is 24.1 Å². The van der Waals surface area contributed by atoms with Gasteiger partial charge in [-0.25, -0.2) is 0 Å². The summed E-state index contributed by atoms with van der Waals surface area (Å²) in [5.74, 6) is 0.746. The fourth-order valence-electron chi connectivity index (χ4n) is 1.41. The van der Waals surface area contributed by atoms with E-state index in [1.165, 1.54) is 16.9 Å². The first kappa shape index (κ1) is 12.9. The second-order valence-corrected chi connectivity index (χ2v) is 4.68. The molecule has 96 valence electrons. The molecule has 2 rings (SSSR count). The summed E-state index contributed by atoms with van der Waals surface area (Å²) in [4.78, 5) is 0. The third-order valence-corrected chi connectivity index (χ3v) is 3.17. The monoisotopic (exact) mass is 265 g/mol. The first-order valence-corrected chi connectivity index (χ1v) is 6.41. The first-order chi connectivity index (χ1) is 8.81.